The number of aryl methyl sites for hydroxylation is 2. The van der Waals surface area contributed by atoms with Crippen molar-refractivity contribution in [3.05, 3.63) is 166 Å². The molecule has 0 amide bonds. The largest absolute Gasteiger partial charge is 0.455 e. The molecule has 0 saturated heterocycles. The van der Waals surface area contributed by atoms with Gasteiger partial charge in [0.2, 0.25) is 5.69 Å². The third-order valence-corrected chi connectivity index (χ3v) is 15.6. The van der Waals surface area contributed by atoms with Gasteiger partial charge in [-0.25, -0.2) is 0 Å². The fourth-order valence-electron chi connectivity index (χ4n) is 10.8. The summed E-state index contributed by atoms with van der Waals surface area (Å²) in [6.45, 7) is 15.4. The standard InChI is InChI=1S/C57H57N3OSi/c1-33(2)40-15-14-16-41(34(3)4)54(40)59-48-17-12-13-18-49(48)60-56(59)53-46(28-27-43-42-26-24-39(30-51(42)61-55(43)53)38-22-19-36(7)20-23-38)57(60)47-29-37(8)21-25-44(47)50-31-45(35(5)6)52(32-58(50)57)62(9,10)11/h12-35H,1-11H3/q+2/i7D3,8D3,35D. The zero-order chi connectivity index (χ0) is 49.1. The maximum absolute atomic E-state index is 9.55. The van der Waals surface area contributed by atoms with Crippen LogP contribution in [0.4, 0.5) is 0 Å². The van der Waals surface area contributed by atoms with Crippen molar-refractivity contribution in [1.29, 1.82) is 0 Å². The number of para-hydroxylation sites is 3. The summed E-state index contributed by atoms with van der Waals surface area (Å²) in [5.41, 5.74) is 13.7. The third-order valence-electron chi connectivity index (χ3n) is 13.6. The summed E-state index contributed by atoms with van der Waals surface area (Å²) in [7, 11) is -2.17. The lowest BCUT2D eigenvalue weighted by molar-refractivity contribution is -0.944. The molecule has 5 heterocycles. The molecular weight excluding hydrogens is 771 g/mol. The third kappa shape index (κ3) is 5.24. The van der Waals surface area contributed by atoms with Crippen LogP contribution in [-0.4, -0.2) is 12.6 Å². The topological polar surface area (TPSA) is 25.8 Å². The first-order valence-corrected chi connectivity index (χ1v) is 25.5. The van der Waals surface area contributed by atoms with E-state index in [1.165, 1.54) is 16.3 Å². The molecule has 1 spiro atoms. The van der Waals surface area contributed by atoms with Crippen molar-refractivity contribution in [3.8, 4) is 39.5 Å². The lowest BCUT2D eigenvalue weighted by Gasteiger charge is -2.25. The minimum atomic E-state index is -2.38. The van der Waals surface area contributed by atoms with E-state index in [1.807, 2.05) is 44.2 Å². The summed E-state index contributed by atoms with van der Waals surface area (Å²) in [5, 5.41) is 3.07. The first kappa shape index (κ1) is 31.8. The van der Waals surface area contributed by atoms with E-state index in [0.717, 1.165) is 83.5 Å². The Bertz CT molecular complexity index is 3600. The van der Waals surface area contributed by atoms with E-state index in [1.54, 1.807) is 18.2 Å². The summed E-state index contributed by atoms with van der Waals surface area (Å²) in [6.07, 6.45) is 2.31. The number of rotatable bonds is 6. The van der Waals surface area contributed by atoms with Gasteiger partial charge in [-0.05, 0) is 96.7 Å². The molecule has 0 N–H and O–H groups in total. The Morgan fingerprint density at radius 1 is 0.677 bits per heavy atom. The Labute approximate surface area is 377 Å². The summed E-state index contributed by atoms with van der Waals surface area (Å²) < 4.78 is 74.4. The molecule has 2 aliphatic heterocycles. The van der Waals surface area contributed by atoms with E-state index >= 15 is 0 Å². The van der Waals surface area contributed by atoms with Crippen LogP contribution in [-0.2, 0) is 5.66 Å². The average molecular weight is 835 g/mol. The average Bonchev–Trinajstić information content (AvgIpc) is 4.00. The molecule has 0 fully saturated rings. The molecule has 1 unspecified atom stereocenters. The lowest BCUT2D eigenvalue weighted by atomic mass is 9.87. The minimum Gasteiger partial charge on any atom is -0.455 e. The molecule has 1 atom stereocenters. The van der Waals surface area contributed by atoms with Crippen molar-refractivity contribution >= 4 is 46.2 Å². The number of benzene rings is 6. The van der Waals surface area contributed by atoms with Crippen molar-refractivity contribution in [1.82, 2.24) is 4.57 Å². The number of nitrogens with zero attached hydrogens (tertiary/aromatic N) is 3. The summed E-state index contributed by atoms with van der Waals surface area (Å²) in [5.74, 6) is 0.377. The lowest BCUT2D eigenvalue weighted by Crippen LogP contribution is -2.72. The predicted octanol–water partition coefficient (Wildman–Crippen LogP) is 13.6. The molecule has 3 aromatic heterocycles. The smallest absolute Gasteiger partial charge is 0.364 e. The molecule has 11 rings (SSSR count). The maximum atomic E-state index is 9.55. The molecule has 0 radical (unpaired) electrons. The van der Waals surface area contributed by atoms with Gasteiger partial charge in [-0.15, -0.1) is 9.13 Å². The van der Waals surface area contributed by atoms with Gasteiger partial charge in [0, 0.05) is 42.7 Å². The van der Waals surface area contributed by atoms with Gasteiger partial charge < -0.3 is 4.42 Å². The number of furan rings is 1. The Balaban J connectivity index is 1.35. The number of pyridine rings is 1. The number of imidazole rings is 1. The van der Waals surface area contributed by atoms with E-state index in [9.17, 15) is 1.37 Å². The van der Waals surface area contributed by atoms with E-state index in [2.05, 4.69) is 140 Å². The molecule has 2 aliphatic rings. The predicted molar refractivity (Wildman–Crippen MR) is 260 cm³/mol. The molecule has 0 aliphatic carbocycles. The Morgan fingerprint density at radius 2 is 1.37 bits per heavy atom. The van der Waals surface area contributed by atoms with Gasteiger partial charge in [0.05, 0.1) is 24.8 Å². The first-order valence-electron chi connectivity index (χ1n) is 25.5. The maximum Gasteiger partial charge on any atom is 0.364 e. The van der Waals surface area contributed by atoms with Crippen molar-refractivity contribution in [2.24, 2.45) is 0 Å². The molecule has 9 aromatic rings. The fourth-order valence-corrected chi connectivity index (χ4v) is 12.4. The Kier molecular flexibility index (Phi) is 6.90. The highest BCUT2D eigenvalue weighted by atomic mass is 28.3. The van der Waals surface area contributed by atoms with E-state index in [0.29, 0.717) is 11.1 Å². The van der Waals surface area contributed by atoms with Crippen LogP contribution in [0.5, 0.6) is 0 Å². The molecule has 0 bridgehead atoms. The highest BCUT2D eigenvalue weighted by molar-refractivity contribution is 6.89. The van der Waals surface area contributed by atoms with Gasteiger partial charge in [-0.2, -0.15) is 4.57 Å². The molecule has 62 heavy (non-hydrogen) atoms. The normalized spacial score (nSPS) is 17.8. The highest BCUT2D eigenvalue weighted by Crippen LogP contribution is 2.53. The molecule has 308 valence electrons. The van der Waals surface area contributed by atoms with Gasteiger partial charge in [-0.1, -0.05) is 139 Å². The second kappa shape index (κ2) is 13.5. The van der Waals surface area contributed by atoms with Gasteiger partial charge in [0.1, 0.15) is 16.8 Å². The van der Waals surface area contributed by atoms with Gasteiger partial charge >= 0.3 is 11.5 Å². The minimum absolute atomic E-state index is 0.180. The number of aromatic nitrogens is 3. The number of fused-ring (bicyclic) bond motifs is 16. The zero-order valence-electron chi connectivity index (χ0n) is 44.0. The van der Waals surface area contributed by atoms with E-state index in [4.69, 9.17) is 12.6 Å². The van der Waals surface area contributed by atoms with Crippen LogP contribution >= 0.6 is 0 Å². The van der Waals surface area contributed by atoms with Crippen molar-refractivity contribution in [2.45, 2.75) is 98.3 Å². The number of hydrogen-bond acceptors (Lipinski definition) is 1. The fraction of sp³-hybridized carbons (Fsp3) is 0.263. The van der Waals surface area contributed by atoms with Crippen LogP contribution in [0, 0.1) is 13.7 Å². The van der Waals surface area contributed by atoms with Crippen molar-refractivity contribution < 1.29 is 23.1 Å². The SMILES string of the molecule is [2H]C([2H])([2H])c1ccc(-c2ccc3c(c2)oc2c4c(ccc23)C2(c3cc(C([2H])([2H])[2H])ccc3-c3cc(C([2H])(C)C)c([Si](C)(C)C)c[n+]32)[n+]2c-4n(-c3c(C(C)C)cccc3C(C)C)c3ccccc32)cc1. The molecular formula is C57H57N3OSi+2. The van der Waals surface area contributed by atoms with E-state index in [-0.39, 0.29) is 17.4 Å². The highest BCUT2D eigenvalue weighted by Gasteiger charge is 2.67. The van der Waals surface area contributed by atoms with Crippen LogP contribution in [0.2, 0.25) is 19.6 Å². The Hall–Kier alpha value is -6.04. The van der Waals surface area contributed by atoms with Crippen molar-refractivity contribution in [2.75, 3.05) is 0 Å². The van der Waals surface area contributed by atoms with Gasteiger partial charge in [-0.3, -0.25) is 0 Å². The van der Waals surface area contributed by atoms with E-state index < -0.39 is 33.3 Å². The second-order valence-corrected chi connectivity index (χ2v) is 24.4. The van der Waals surface area contributed by atoms with Gasteiger partial charge in [0.15, 0.2) is 22.8 Å². The molecule has 6 aromatic carbocycles. The molecule has 0 saturated carbocycles. The summed E-state index contributed by atoms with van der Waals surface area (Å²) in [6, 6.07) is 40.8. The first-order chi connectivity index (χ1) is 32.4. The number of hydrogen-bond donors (Lipinski definition) is 0. The summed E-state index contributed by atoms with van der Waals surface area (Å²) in [4.78, 5) is 0. The van der Waals surface area contributed by atoms with Crippen LogP contribution in [0.3, 0.4) is 0 Å². The Morgan fingerprint density at radius 3 is 2.06 bits per heavy atom. The quantitative estimate of drug-likeness (QED) is 0.121. The van der Waals surface area contributed by atoms with Crippen LogP contribution in [0.1, 0.15) is 108 Å². The zero-order valence-corrected chi connectivity index (χ0v) is 38.0. The molecule has 5 heteroatoms. The summed E-state index contributed by atoms with van der Waals surface area (Å²) >= 11 is 0. The monoisotopic (exact) mass is 834 g/mol. The van der Waals surface area contributed by atoms with Crippen LogP contribution < -0.4 is 14.3 Å². The second-order valence-electron chi connectivity index (χ2n) is 19.4. The van der Waals surface area contributed by atoms with Crippen molar-refractivity contribution in [3.63, 3.8) is 0 Å². The molecule has 4 nitrogen and oxygen atoms in total. The van der Waals surface area contributed by atoms with Crippen LogP contribution in [0.15, 0.2) is 132 Å². The van der Waals surface area contributed by atoms with Gasteiger partial charge in [0.25, 0.3) is 0 Å². The van der Waals surface area contributed by atoms with Crippen LogP contribution in [0.25, 0.3) is 72.4 Å².